The number of hydrogen-bond acceptors (Lipinski definition) is 10. The number of methoxy groups -OCH3 is 1. The average molecular weight is 622 g/mol. The fourth-order valence-electron chi connectivity index (χ4n) is 7.61. The maximum Gasteiger partial charge on any atom is 0.319 e. The summed E-state index contributed by atoms with van der Waals surface area (Å²) in [4.78, 5) is 48.9. The SMILES string of the molecule is COC1CCCN(C)[C@H](C2CN(C(=O)CN3CCCC3)C2)COC(=O)C(C)(C)C(=O)[C@H](N)[C@H]1O[C@@H]1C[C@H](C)C[C@H](N(C)C)C1. The van der Waals surface area contributed by atoms with E-state index in [2.05, 4.69) is 42.8 Å². The third-order valence-corrected chi connectivity index (χ3v) is 10.7. The predicted octanol–water partition coefficient (Wildman–Crippen LogP) is 1.62. The molecule has 44 heavy (non-hydrogen) atoms. The van der Waals surface area contributed by atoms with Crippen molar-refractivity contribution in [2.75, 3.05) is 74.1 Å². The number of likely N-dealkylation sites (tertiary alicyclic amines) is 2. The van der Waals surface area contributed by atoms with Crippen LogP contribution in [0.5, 0.6) is 0 Å². The van der Waals surface area contributed by atoms with E-state index in [0.717, 1.165) is 58.2 Å². The molecule has 0 aromatic rings. The van der Waals surface area contributed by atoms with Gasteiger partial charge in [0.1, 0.15) is 18.1 Å². The fourth-order valence-corrected chi connectivity index (χ4v) is 7.61. The lowest BCUT2D eigenvalue weighted by Gasteiger charge is -2.46. The summed E-state index contributed by atoms with van der Waals surface area (Å²) in [5.74, 6) is -0.128. The number of carbonyl (C=O) groups is 3. The topological polar surface area (TPSA) is 118 Å². The van der Waals surface area contributed by atoms with Gasteiger partial charge in [0.25, 0.3) is 0 Å². The molecule has 0 spiro atoms. The highest BCUT2D eigenvalue weighted by Crippen LogP contribution is 2.33. The zero-order valence-corrected chi connectivity index (χ0v) is 28.3. The van der Waals surface area contributed by atoms with E-state index in [1.54, 1.807) is 21.0 Å². The summed E-state index contributed by atoms with van der Waals surface area (Å²) >= 11 is 0. The number of amides is 1. The van der Waals surface area contributed by atoms with Gasteiger partial charge >= 0.3 is 5.97 Å². The molecule has 1 saturated carbocycles. The maximum absolute atomic E-state index is 13.9. The van der Waals surface area contributed by atoms with Crippen LogP contribution in [0.2, 0.25) is 0 Å². The van der Waals surface area contributed by atoms with Crippen LogP contribution in [0.15, 0.2) is 0 Å². The third-order valence-electron chi connectivity index (χ3n) is 10.7. The van der Waals surface area contributed by atoms with E-state index in [1.807, 2.05) is 4.90 Å². The van der Waals surface area contributed by atoms with E-state index in [4.69, 9.17) is 19.9 Å². The van der Waals surface area contributed by atoms with Crippen molar-refractivity contribution in [2.45, 2.75) is 102 Å². The van der Waals surface area contributed by atoms with Gasteiger partial charge in [0.05, 0.1) is 24.8 Å². The number of ketones is 1. The average Bonchev–Trinajstić information content (AvgIpc) is 3.46. The Labute approximate surface area is 265 Å². The second kappa shape index (κ2) is 15.3. The Morgan fingerprint density at radius 1 is 1.07 bits per heavy atom. The van der Waals surface area contributed by atoms with Crippen LogP contribution in [0, 0.1) is 17.3 Å². The Hall–Kier alpha value is -1.63. The summed E-state index contributed by atoms with van der Waals surface area (Å²) < 4.78 is 18.6. The number of hydrogen-bond donors (Lipinski definition) is 1. The molecule has 1 unspecified atom stereocenters. The van der Waals surface area contributed by atoms with E-state index in [0.29, 0.717) is 38.0 Å². The van der Waals surface area contributed by atoms with Crippen molar-refractivity contribution in [1.82, 2.24) is 19.6 Å². The van der Waals surface area contributed by atoms with Gasteiger partial charge < -0.3 is 29.7 Å². The first-order chi connectivity index (χ1) is 20.8. The number of likely N-dealkylation sites (N-methyl/N-ethyl adjacent to an activating group) is 1. The number of Topliss-reactive ketones (excluding diaryl/α,β-unsaturated/α-hetero) is 1. The summed E-state index contributed by atoms with van der Waals surface area (Å²) in [6.07, 6.45) is 5.51. The molecule has 4 rings (SSSR count). The molecule has 0 aromatic carbocycles. The molecule has 4 aliphatic rings. The number of nitrogens with two attached hydrogens (primary N) is 1. The van der Waals surface area contributed by atoms with Gasteiger partial charge in [-0.15, -0.1) is 0 Å². The normalized spacial score (nSPS) is 35.5. The van der Waals surface area contributed by atoms with Crippen LogP contribution >= 0.6 is 0 Å². The number of nitrogens with zero attached hydrogens (tertiary/aromatic N) is 4. The van der Waals surface area contributed by atoms with E-state index in [1.165, 1.54) is 0 Å². The molecule has 3 heterocycles. The van der Waals surface area contributed by atoms with E-state index < -0.39 is 35.4 Å². The lowest BCUT2D eigenvalue weighted by atomic mass is 9.80. The van der Waals surface area contributed by atoms with Crippen LogP contribution in [0.25, 0.3) is 0 Å². The quantitative estimate of drug-likeness (QED) is 0.332. The van der Waals surface area contributed by atoms with E-state index >= 15 is 0 Å². The van der Waals surface area contributed by atoms with E-state index in [-0.39, 0.29) is 30.6 Å². The first kappa shape index (κ1) is 35.2. The molecule has 252 valence electrons. The molecule has 4 fully saturated rings. The minimum Gasteiger partial charge on any atom is -0.463 e. The van der Waals surface area contributed by atoms with Crippen molar-refractivity contribution in [3.05, 3.63) is 0 Å². The number of carbonyl (C=O) groups excluding carboxylic acids is 3. The monoisotopic (exact) mass is 621 g/mol. The van der Waals surface area contributed by atoms with Crippen LogP contribution in [0.4, 0.5) is 0 Å². The Bertz CT molecular complexity index is 982. The minimum atomic E-state index is -1.44. The summed E-state index contributed by atoms with van der Waals surface area (Å²) in [7, 11) is 7.89. The molecule has 1 aliphatic carbocycles. The van der Waals surface area contributed by atoms with Gasteiger partial charge in [0.2, 0.25) is 5.91 Å². The van der Waals surface area contributed by atoms with Crippen LogP contribution in [0.1, 0.15) is 65.7 Å². The van der Waals surface area contributed by atoms with Crippen molar-refractivity contribution in [3.63, 3.8) is 0 Å². The summed E-state index contributed by atoms with van der Waals surface area (Å²) in [5, 5.41) is 0. The standard InChI is InChI=1S/C33H59N5O6/c1-22-15-24(35(4)5)17-25(16-22)44-30-27(42-7)11-10-12-36(6)26(21-43-32(41)33(2,3)31(40)29(30)34)23-18-38(19-23)28(39)20-37-13-8-9-14-37/h22-27,29-30H,8-21,34H2,1-7H3/t22-,24+,25-,26+,27?,29-,30+/m1/s1. The highest BCUT2D eigenvalue weighted by molar-refractivity contribution is 6.05. The number of rotatable bonds is 7. The van der Waals surface area contributed by atoms with Crippen molar-refractivity contribution < 1.29 is 28.6 Å². The van der Waals surface area contributed by atoms with Gasteiger partial charge in [-0.05, 0) is 105 Å². The number of ether oxygens (including phenoxy) is 3. The summed E-state index contributed by atoms with van der Waals surface area (Å²) in [5.41, 5.74) is 5.26. The Morgan fingerprint density at radius 3 is 2.39 bits per heavy atom. The zero-order valence-electron chi connectivity index (χ0n) is 28.3. The lowest BCUT2D eigenvalue weighted by molar-refractivity contribution is -0.165. The van der Waals surface area contributed by atoms with Gasteiger partial charge in [-0.2, -0.15) is 0 Å². The first-order valence-corrected chi connectivity index (χ1v) is 16.8. The second-order valence-corrected chi connectivity index (χ2v) is 14.8. The molecule has 1 amide bonds. The van der Waals surface area contributed by atoms with Crippen LogP contribution in [-0.4, -0.2) is 148 Å². The lowest BCUT2D eigenvalue weighted by Crippen LogP contribution is -2.60. The predicted molar refractivity (Wildman–Crippen MR) is 169 cm³/mol. The molecule has 7 atom stereocenters. The Kier molecular flexibility index (Phi) is 12.3. The Balaban J connectivity index is 1.47. The molecule has 3 aliphatic heterocycles. The zero-order chi connectivity index (χ0) is 32.2. The van der Waals surface area contributed by atoms with Gasteiger partial charge in [-0.3, -0.25) is 24.2 Å². The third kappa shape index (κ3) is 8.39. The molecule has 11 heteroatoms. The maximum atomic E-state index is 13.9. The highest BCUT2D eigenvalue weighted by atomic mass is 16.5. The van der Waals surface area contributed by atoms with E-state index in [9.17, 15) is 14.4 Å². The van der Waals surface area contributed by atoms with Crippen molar-refractivity contribution in [2.24, 2.45) is 23.0 Å². The van der Waals surface area contributed by atoms with Crippen molar-refractivity contribution in [3.8, 4) is 0 Å². The fraction of sp³-hybridized carbons (Fsp3) is 0.909. The van der Waals surface area contributed by atoms with Crippen molar-refractivity contribution >= 4 is 17.7 Å². The second-order valence-electron chi connectivity index (χ2n) is 14.8. The van der Waals surface area contributed by atoms with Gasteiger partial charge in [-0.1, -0.05) is 6.92 Å². The van der Waals surface area contributed by atoms with Crippen LogP contribution in [-0.2, 0) is 28.6 Å². The summed E-state index contributed by atoms with van der Waals surface area (Å²) in [6.45, 7) is 10.1. The molecular weight excluding hydrogens is 562 g/mol. The molecule has 11 nitrogen and oxygen atoms in total. The molecule has 0 radical (unpaired) electrons. The number of esters is 1. The molecule has 0 aromatic heterocycles. The molecular formula is C33H59N5O6. The smallest absolute Gasteiger partial charge is 0.319 e. The Morgan fingerprint density at radius 2 is 1.75 bits per heavy atom. The van der Waals surface area contributed by atoms with Gasteiger partial charge in [0, 0.05) is 38.2 Å². The van der Waals surface area contributed by atoms with Gasteiger partial charge in [-0.25, -0.2) is 0 Å². The highest BCUT2D eigenvalue weighted by Gasteiger charge is 2.47. The number of cyclic esters (lactones) is 1. The summed E-state index contributed by atoms with van der Waals surface area (Å²) in [6, 6.07) is -0.704. The minimum absolute atomic E-state index is 0.0554. The largest absolute Gasteiger partial charge is 0.463 e. The van der Waals surface area contributed by atoms with Crippen LogP contribution in [0.3, 0.4) is 0 Å². The van der Waals surface area contributed by atoms with Crippen LogP contribution < -0.4 is 5.73 Å². The molecule has 2 N–H and O–H groups in total. The molecule has 3 saturated heterocycles. The molecule has 0 bridgehead atoms. The van der Waals surface area contributed by atoms with Gasteiger partial charge in [0.15, 0.2) is 5.78 Å². The first-order valence-electron chi connectivity index (χ1n) is 16.8. The van der Waals surface area contributed by atoms with Crippen molar-refractivity contribution in [1.29, 1.82) is 0 Å².